The molecule has 0 spiro atoms. The Morgan fingerprint density at radius 2 is 1.77 bits per heavy atom. The number of nitrogens with zero attached hydrogens (tertiary/aromatic N) is 3. The minimum atomic E-state index is -3.53. The van der Waals surface area contributed by atoms with Crippen molar-refractivity contribution in [2.24, 2.45) is 5.92 Å². The predicted octanol–water partition coefficient (Wildman–Crippen LogP) is 6.03. The lowest BCUT2D eigenvalue weighted by atomic mass is 9.94. The number of aromatic nitrogens is 2. The molecule has 0 N–H and O–H groups in total. The fraction of sp³-hybridized carbons (Fsp3) is 0.500. The summed E-state index contributed by atoms with van der Waals surface area (Å²) < 4.78 is 38.9. The van der Waals surface area contributed by atoms with E-state index in [1.165, 1.54) is 25.6 Å². The standard InChI is InChI=1S/C24H34FN3O2S/c1-7-9-10-18(8-2)11-16-21-22(17(3)4)26-24(28(5)31(6,29)30)27-23(21)19-12-14-20(25)15-13-19/h11-18H,7-10H2,1-6H3/b16-11+. The van der Waals surface area contributed by atoms with Crippen molar-refractivity contribution in [3.05, 3.63) is 47.4 Å². The van der Waals surface area contributed by atoms with Crippen LogP contribution in [-0.2, 0) is 10.0 Å². The third-order valence-electron chi connectivity index (χ3n) is 5.39. The number of benzene rings is 1. The first-order valence-electron chi connectivity index (χ1n) is 10.9. The van der Waals surface area contributed by atoms with E-state index in [0.29, 0.717) is 11.6 Å². The van der Waals surface area contributed by atoms with Crippen LogP contribution in [0.25, 0.3) is 17.3 Å². The Bertz CT molecular complexity index is 1000. The van der Waals surface area contributed by atoms with Gasteiger partial charge in [0.25, 0.3) is 0 Å². The van der Waals surface area contributed by atoms with Crippen LogP contribution in [0.1, 0.15) is 70.6 Å². The van der Waals surface area contributed by atoms with Crippen molar-refractivity contribution in [1.82, 2.24) is 9.97 Å². The molecule has 31 heavy (non-hydrogen) atoms. The molecule has 1 aromatic carbocycles. The van der Waals surface area contributed by atoms with E-state index in [9.17, 15) is 12.8 Å². The summed E-state index contributed by atoms with van der Waals surface area (Å²) in [6.07, 6.45) is 9.85. The highest BCUT2D eigenvalue weighted by Crippen LogP contribution is 2.32. The summed E-state index contributed by atoms with van der Waals surface area (Å²) in [6.45, 7) is 8.40. The maximum atomic E-state index is 13.6. The first-order chi connectivity index (χ1) is 14.6. The molecule has 0 saturated heterocycles. The zero-order chi connectivity index (χ0) is 23.2. The summed E-state index contributed by atoms with van der Waals surface area (Å²) in [7, 11) is -2.09. The Hall–Kier alpha value is -2.28. The molecule has 0 aliphatic heterocycles. The number of anilines is 1. The molecule has 1 unspecified atom stereocenters. The van der Waals surface area contributed by atoms with Crippen molar-refractivity contribution in [2.75, 3.05) is 17.6 Å². The van der Waals surface area contributed by atoms with Crippen molar-refractivity contribution in [3.63, 3.8) is 0 Å². The second-order valence-corrected chi connectivity index (χ2v) is 10.2. The van der Waals surface area contributed by atoms with Gasteiger partial charge in [0.2, 0.25) is 16.0 Å². The van der Waals surface area contributed by atoms with E-state index >= 15 is 0 Å². The normalized spacial score (nSPS) is 13.2. The van der Waals surface area contributed by atoms with Gasteiger partial charge in [-0.2, -0.15) is 0 Å². The molecular formula is C24H34FN3O2S. The first kappa shape index (κ1) is 25.0. The Morgan fingerprint density at radius 1 is 1.13 bits per heavy atom. The monoisotopic (exact) mass is 447 g/mol. The van der Waals surface area contributed by atoms with Crippen LogP contribution in [0.4, 0.5) is 10.3 Å². The fourth-order valence-corrected chi connectivity index (χ4v) is 3.71. The lowest BCUT2D eigenvalue weighted by Crippen LogP contribution is -2.27. The van der Waals surface area contributed by atoms with Crippen LogP contribution in [0.3, 0.4) is 0 Å². The molecule has 5 nitrogen and oxygen atoms in total. The van der Waals surface area contributed by atoms with Crippen LogP contribution in [-0.4, -0.2) is 31.7 Å². The Morgan fingerprint density at radius 3 is 2.29 bits per heavy atom. The molecule has 1 atom stereocenters. The van der Waals surface area contributed by atoms with E-state index in [-0.39, 0.29) is 17.7 Å². The quantitative estimate of drug-likeness (QED) is 0.446. The number of hydrogen-bond acceptors (Lipinski definition) is 4. The third-order valence-corrected chi connectivity index (χ3v) is 6.55. The predicted molar refractivity (Wildman–Crippen MR) is 127 cm³/mol. The Labute approximate surface area is 186 Å². The van der Waals surface area contributed by atoms with Gasteiger partial charge in [0.05, 0.1) is 17.6 Å². The van der Waals surface area contributed by atoms with Gasteiger partial charge in [-0.3, -0.25) is 0 Å². The third kappa shape index (κ3) is 6.60. The van der Waals surface area contributed by atoms with Crippen LogP contribution >= 0.6 is 0 Å². The van der Waals surface area contributed by atoms with Crippen LogP contribution in [0.5, 0.6) is 0 Å². The maximum absolute atomic E-state index is 13.6. The molecule has 2 rings (SSSR count). The first-order valence-corrected chi connectivity index (χ1v) is 12.7. The van der Waals surface area contributed by atoms with Gasteiger partial charge >= 0.3 is 0 Å². The van der Waals surface area contributed by atoms with Crippen molar-refractivity contribution >= 4 is 22.0 Å². The zero-order valence-electron chi connectivity index (χ0n) is 19.4. The van der Waals surface area contributed by atoms with Crippen molar-refractivity contribution < 1.29 is 12.8 Å². The summed E-state index contributed by atoms with van der Waals surface area (Å²) in [5.41, 5.74) is 2.93. The summed E-state index contributed by atoms with van der Waals surface area (Å²) in [5, 5.41) is 0. The van der Waals surface area contributed by atoms with E-state index in [0.717, 1.165) is 46.6 Å². The number of unbranched alkanes of at least 4 members (excludes halogenated alkanes) is 1. The van der Waals surface area contributed by atoms with E-state index in [1.807, 2.05) is 13.8 Å². The number of hydrogen-bond donors (Lipinski definition) is 0. The molecular weight excluding hydrogens is 413 g/mol. The highest BCUT2D eigenvalue weighted by molar-refractivity contribution is 7.92. The Kier molecular flexibility index (Phi) is 8.74. The number of sulfonamides is 1. The molecule has 0 aliphatic rings. The molecule has 0 bridgehead atoms. The van der Waals surface area contributed by atoms with Gasteiger partial charge in [-0.05, 0) is 48.9 Å². The lowest BCUT2D eigenvalue weighted by molar-refractivity contribution is 0.542. The van der Waals surface area contributed by atoms with Gasteiger partial charge in [-0.25, -0.2) is 27.1 Å². The minimum absolute atomic E-state index is 0.0456. The molecule has 170 valence electrons. The maximum Gasteiger partial charge on any atom is 0.239 e. The second kappa shape index (κ2) is 10.8. The van der Waals surface area contributed by atoms with Gasteiger partial charge in [-0.15, -0.1) is 0 Å². The summed E-state index contributed by atoms with van der Waals surface area (Å²) >= 11 is 0. The largest absolute Gasteiger partial charge is 0.241 e. The second-order valence-electron chi connectivity index (χ2n) is 8.23. The fourth-order valence-electron chi connectivity index (χ4n) is 3.33. The van der Waals surface area contributed by atoms with E-state index < -0.39 is 10.0 Å². The van der Waals surface area contributed by atoms with Crippen LogP contribution in [0, 0.1) is 11.7 Å². The van der Waals surface area contributed by atoms with Crippen molar-refractivity contribution in [2.45, 2.75) is 59.3 Å². The molecule has 1 heterocycles. The average Bonchev–Trinajstić information content (AvgIpc) is 2.72. The molecule has 0 aliphatic carbocycles. The zero-order valence-corrected chi connectivity index (χ0v) is 20.2. The molecule has 0 fully saturated rings. The number of allylic oxidation sites excluding steroid dienone is 1. The number of halogens is 1. The number of rotatable bonds is 10. The smallest absolute Gasteiger partial charge is 0.239 e. The van der Waals surface area contributed by atoms with Crippen LogP contribution < -0.4 is 4.31 Å². The van der Waals surface area contributed by atoms with Gasteiger partial charge < -0.3 is 0 Å². The van der Waals surface area contributed by atoms with Crippen molar-refractivity contribution in [1.29, 1.82) is 0 Å². The van der Waals surface area contributed by atoms with E-state index in [4.69, 9.17) is 0 Å². The van der Waals surface area contributed by atoms with Crippen molar-refractivity contribution in [3.8, 4) is 11.3 Å². The summed E-state index contributed by atoms with van der Waals surface area (Å²) in [5.74, 6) is 0.266. The molecule has 0 saturated carbocycles. The SMILES string of the molecule is CCCCC(/C=C/c1c(-c2ccc(F)cc2)nc(N(C)S(C)(=O)=O)nc1C(C)C)CC. The Balaban J connectivity index is 2.71. The van der Waals surface area contributed by atoms with Gasteiger partial charge in [-0.1, -0.05) is 52.7 Å². The highest BCUT2D eigenvalue weighted by atomic mass is 32.2. The molecule has 1 aromatic heterocycles. The molecule has 0 amide bonds. The van der Waals surface area contributed by atoms with E-state index in [2.05, 4.69) is 36.0 Å². The average molecular weight is 448 g/mol. The minimum Gasteiger partial charge on any atom is -0.241 e. The molecule has 2 aromatic rings. The molecule has 7 heteroatoms. The molecule has 0 radical (unpaired) electrons. The summed E-state index contributed by atoms with van der Waals surface area (Å²) in [4.78, 5) is 9.23. The highest BCUT2D eigenvalue weighted by Gasteiger charge is 2.22. The summed E-state index contributed by atoms with van der Waals surface area (Å²) in [6, 6.07) is 6.10. The van der Waals surface area contributed by atoms with E-state index in [1.54, 1.807) is 12.1 Å². The van der Waals surface area contributed by atoms with Gasteiger partial charge in [0.1, 0.15) is 5.82 Å². The lowest BCUT2D eigenvalue weighted by Gasteiger charge is -2.20. The van der Waals surface area contributed by atoms with Gasteiger partial charge in [0.15, 0.2) is 0 Å². The topological polar surface area (TPSA) is 63.2 Å². The van der Waals surface area contributed by atoms with Crippen LogP contribution in [0.15, 0.2) is 30.3 Å². The van der Waals surface area contributed by atoms with Gasteiger partial charge in [0, 0.05) is 18.2 Å². The van der Waals surface area contributed by atoms with Crippen LogP contribution in [0.2, 0.25) is 0 Å².